The first-order chi connectivity index (χ1) is 7.69. The smallest absolute Gasteiger partial charge is 0.317 e. The number of rotatable bonds is 4. The highest BCUT2D eigenvalue weighted by Crippen LogP contribution is 2.15. The van der Waals surface area contributed by atoms with E-state index in [0.717, 1.165) is 18.5 Å². The molecule has 0 saturated carbocycles. The summed E-state index contributed by atoms with van der Waals surface area (Å²) in [7, 11) is 1.80. The van der Waals surface area contributed by atoms with Crippen molar-refractivity contribution < 1.29 is 4.79 Å². The number of carbonyl (C=O) groups is 1. The van der Waals surface area contributed by atoms with E-state index in [2.05, 4.69) is 12.2 Å². The van der Waals surface area contributed by atoms with Gasteiger partial charge >= 0.3 is 6.03 Å². The van der Waals surface area contributed by atoms with Crippen LogP contribution in [0.1, 0.15) is 31.9 Å². The molecule has 0 aromatic heterocycles. The Morgan fingerprint density at radius 2 is 1.94 bits per heavy atom. The van der Waals surface area contributed by atoms with E-state index < -0.39 is 0 Å². The second kappa shape index (κ2) is 6.16. The Balaban J connectivity index is 2.66. The highest BCUT2D eigenvalue weighted by atomic mass is 16.2. The van der Waals surface area contributed by atoms with E-state index >= 15 is 0 Å². The first-order valence-corrected chi connectivity index (χ1v) is 5.75. The van der Waals surface area contributed by atoms with Gasteiger partial charge < -0.3 is 10.2 Å². The molecule has 3 nitrogen and oxygen atoms in total. The molecule has 0 aliphatic carbocycles. The summed E-state index contributed by atoms with van der Waals surface area (Å²) < 4.78 is 0. The van der Waals surface area contributed by atoms with Gasteiger partial charge in [-0.05, 0) is 18.9 Å². The van der Waals surface area contributed by atoms with Crippen LogP contribution in [0.5, 0.6) is 0 Å². The molecule has 88 valence electrons. The number of urea groups is 1. The monoisotopic (exact) mass is 220 g/mol. The van der Waals surface area contributed by atoms with Crippen LogP contribution in [-0.4, -0.2) is 24.5 Å². The van der Waals surface area contributed by atoms with Crippen LogP contribution in [0.15, 0.2) is 30.3 Å². The number of nitrogens with zero attached hydrogens (tertiary/aromatic N) is 1. The summed E-state index contributed by atoms with van der Waals surface area (Å²) in [6.45, 7) is 4.75. The molecule has 0 bridgehead atoms. The van der Waals surface area contributed by atoms with Gasteiger partial charge in [-0.2, -0.15) is 0 Å². The lowest BCUT2D eigenvalue weighted by Crippen LogP contribution is -2.39. The van der Waals surface area contributed by atoms with Crippen LogP contribution in [0.3, 0.4) is 0 Å². The summed E-state index contributed by atoms with van der Waals surface area (Å²) in [6.07, 6.45) is 0.896. The summed E-state index contributed by atoms with van der Waals surface area (Å²) in [4.78, 5) is 13.4. The summed E-state index contributed by atoms with van der Waals surface area (Å²) in [6, 6.07) is 10.1. The summed E-state index contributed by atoms with van der Waals surface area (Å²) >= 11 is 0. The van der Waals surface area contributed by atoms with Crippen molar-refractivity contribution in [3.8, 4) is 0 Å². The van der Waals surface area contributed by atoms with Gasteiger partial charge in [0.05, 0.1) is 6.04 Å². The van der Waals surface area contributed by atoms with E-state index in [1.807, 2.05) is 37.3 Å². The maximum Gasteiger partial charge on any atom is 0.317 e. The Kier molecular flexibility index (Phi) is 4.83. The van der Waals surface area contributed by atoms with Crippen molar-refractivity contribution in [2.24, 2.45) is 0 Å². The lowest BCUT2D eigenvalue weighted by Gasteiger charge is -2.22. The zero-order valence-corrected chi connectivity index (χ0v) is 10.2. The third-order valence-electron chi connectivity index (χ3n) is 2.73. The zero-order valence-electron chi connectivity index (χ0n) is 10.2. The Hall–Kier alpha value is -1.51. The Morgan fingerprint density at radius 3 is 2.44 bits per heavy atom. The van der Waals surface area contributed by atoms with Gasteiger partial charge in [0.25, 0.3) is 0 Å². The fourth-order valence-electron chi connectivity index (χ4n) is 1.51. The Morgan fingerprint density at radius 1 is 1.31 bits per heavy atom. The van der Waals surface area contributed by atoms with E-state index in [4.69, 9.17) is 0 Å². The SMILES string of the molecule is CCC(NC(=O)N(C)CC)c1ccccc1. The number of benzene rings is 1. The van der Waals surface area contributed by atoms with E-state index in [-0.39, 0.29) is 12.1 Å². The number of hydrogen-bond donors (Lipinski definition) is 1. The maximum atomic E-state index is 11.7. The molecule has 0 aliphatic heterocycles. The van der Waals surface area contributed by atoms with Crippen molar-refractivity contribution in [3.05, 3.63) is 35.9 Å². The zero-order chi connectivity index (χ0) is 12.0. The lowest BCUT2D eigenvalue weighted by atomic mass is 10.1. The predicted octanol–water partition coefficient (Wildman–Crippen LogP) is 2.80. The molecule has 1 unspecified atom stereocenters. The molecule has 1 aromatic rings. The van der Waals surface area contributed by atoms with Crippen molar-refractivity contribution in [2.45, 2.75) is 26.3 Å². The second-order valence-corrected chi connectivity index (χ2v) is 3.84. The molecule has 16 heavy (non-hydrogen) atoms. The van der Waals surface area contributed by atoms with Crippen LogP contribution in [-0.2, 0) is 0 Å². The predicted molar refractivity (Wildman–Crippen MR) is 66.3 cm³/mol. The van der Waals surface area contributed by atoms with Gasteiger partial charge in [-0.25, -0.2) is 4.79 Å². The minimum Gasteiger partial charge on any atom is -0.331 e. The van der Waals surface area contributed by atoms with Gasteiger partial charge in [0.1, 0.15) is 0 Å². The van der Waals surface area contributed by atoms with E-state index in [1.165, 1.54) is 0 Å². The molecule has 1 rings (SSSR count). The molecular formula is C13H20N2O. The Bertz CT molecular complexity index is 324. The first-order valence-electron chi connectivity index (χ1n) is 5.75. The van der Waals surface area contributed by atoms with Crippen molar-refractivity contribution in [1.29, 1.82) is 0 Å². The van der Waals surface area contributed by atoms with Gasteiger partial charge in [-0.3, -0.25) is 0 Å². The molecule has 0 saturated heterocycles. The molecular weight excluding hydrogens is 200 g/mol. The molecule has 0 fully saturated rings. The first kappa shape index (κ1) is 12.6. The molecule has 0 aliphatic rings. The fourth-order valence-corrected chi connectivity index (χ4v) is 1.51. The Labute approximate surface area is 97.5 Å². The van der Waals surface area contributed by atoms with Crippen molar-refractivity contribution >= 4 is 6.03 Å². The van der Waals surface area contributed by atoms with Crippen molar-refractivity contribution in [3.63, 3.8) is 0 Å². The van der Waals surface area contributed by atoms with Gasteiger partial charge in [-0.15, -0.1) is 0 Å². The summed E-state index contributed by atoms with van der Waals surface area (Å²) in [5, 5.41) is 3.02. The third-order valence-corrected chi connectivity index (χ3v) is 2.73. The second-order valence-electron chi connectivity index (χ2n) is 3.84. The number of amides is 2. The molecule has 3 heteroatoms. The summed E-state index contributed by atoms with van der Waals surface area (Å²) in [5.74, 6) is 0. The molecule has 1 N–H and O–H groups in total. The third kappa shape index (κ3) is 3.26. The number of carbonyl (C=O) groups excluding carboxylic acids is 1. The largest absolute Gasteiger partial charge is 0.331 e. The van der Waals surface area contributed by atoms with Crippen LogP contribution in [0.25, 0.3) is 0 Å². The normalized spacial score (nSPS) is 11.9. The van der Waals surface area contributed by atoms with Gasteiger partial charge in [-0.1, -0.05) is 37.3 Å². The number of hydrogen-bond acceptors (Lipinski definition) is 1. The molecule has 0 radical (unpaired) electrons. The highest BCUT2D eigenvalue weighted by Gasteiger charge is 2.13. The van der Waals surface area contributed by atoms with Gasteiger partial charge in [0.15, 0.2) is 0 Å². The van der Waals surface area contributed by atoms with Crippen LogP contribution in [0, 0.1) is 0 Å². The lowest BCUT2D eigenvalue weighted by molar-refractivity contribution is 0.206. The van der Waals surface area contributed by atoms with Crippen LogP contribution >= 0.6 is 0 Å². The molecule has 0 spiro atoms. The minimum absolute atomic E-state index is 0.0156. The quantitative estimate of drug-likeness (QED) is 0.831. The average Bonchev–Trinajstić information content (AvgIpc) is 2.35. The van der Waals surface area contributed by atoms with Gasteiger partial charge in [0.2, 0.25) is 0 Å². The van der Waals surface area contributed by atoms with E-state index in [0.29, 0.717) is 0 Å². The van der Waals surface area contributed by atoms with Crippen molar-refractivity contribution in [2.75, 3.05) is 13.6 Å². The minimum atomic E-state index is -0.0156. The van der Waals surface area contributed by atoms with Crippen molar-refractivity contribution in [1.82, 2.24) is 10.2 Å². The maximum absolute atomic E-state index is 11.7. The van der Waals surface area contributed by atoms with Crippen LogP contribution in [0.2, 0.25) is 0 Å². The molecule has 1 atom stereocenters. The number of nitrogens with one attached hydrogen (secondary N) is 1. The van der Waals surface area contributed by atoms with Crippen LogP contribution < -0.4 is 5.32 Å². The molecule has 1 aromatic carbocycles. The molecule has 2 amide bonds. The fraction of sp³-hybridized carbons (Fsp3) is 0.462. The highest BCUT2D eigenvalue weighted by molar-refractivity contribution is 5.74. The summed E-state index contributed by atoms with van der Waals surface area (Å²) in [5.41, 5.74) is 1.16. The van der Waals surface area contributed by atoms with Gasteiger partial charge in [0, 0.05) is 13.6 Å². The van der Waals surface area contributed by atoms with Crippen LogP contribution in [0.4, 0.5) is 4.79 Å². The van der Waals surface area contributed by atoms with E-state index in [9.17, 15) is 4.79 Å². The standard InChI is InChI=1S/C13H20N2O/c1-4-12(11-9-7-6-8-10-11)14-13(16)15(3)5-2/h6-10,12H,4-5H2,1-3H3,(H,14,16). The topological polar surface area (TPSA) is 32.3 Å². The average molecular weight is 220 g/mol. The van der Waals surface area contributed by atoms with E-state index in [1.54, 1.807) is 11.9 Å². The molecule has 0 heterocycles.